The molecule has 1 aliphatic rings. The maximum Gasteiger partial charge on any atom is 0.164 e. The standard InChI is InChI=1S/C51H34N4O/c1-5-13-33(14-6-1)37-22-27-45-43(29-37)44-30-38(34-15-7-2-8-16-34)23-28-46(44)55(45)40-24-26-42-41-25-21-39(31-47(41)56-48(42)32-40)51-53-49(35-17-9-3-10-18-35)52-50(54-51)36-19-11-4-12-20-36/h1-20,22-24,26-32H,21,25H2. The van der Waals surface area contributed by atoms with Gasteiger partial charge in [-0.3, -0.25) is 0 Å². The molecule has 10 aromatic rings. The number of allylic oxidation sites excluding steroid dienone is 1. The Labute approximate surface area is 323 Å². The summed E-state index contributed by atoms with van der Waals surface area (Å²) in [6, 6.07) is 61.8. The summed E-state index contributed by atoms with van der Waals surface area (Å²) in [5, 5.41) is 3.57. The molecule has 0 aliphatic heterocycles. The van der Waals surface area contributed by atoms with Crippen molar-refractivity contribution in [3.8, 4) is 50.7 Å². The summed E-state index contributed by atoms with van der Waals surface area (Å²) in [6.45, 7) is 0. The SMILES string of the molecule is C1=C(c2nc(-c3ccccc3)nc(-c3ccccc3)n2)CCc2c1oc1cc(-n3c4ccc(-c5ccccc5)cc4c4cc(-c5ccccc5)ccc43)ccc21. The molecule has 11 rings (SSSR count). The lowest BCUT2D eigenvalue weighted by molar-refractivity contribution is 0.596. The van der Waals surface area contributed by atoms with Crippen molar-refractivity contribution in [2.45, 2.75) is 12.8 Å². The highest BCUT2D eigenvalue weighted by atomic mass is 16.3. The molecular formula is C51H34N4O. The number of fused-ring (bicyclic) bond motifs is 6. The van der Waals surface area contributed by atoms with Gasteiger partial charge in [0.1, 0.15) is 11.3 Å². The molecule has 3 heterocycles. The van der Waals surface area contributed by atoms with E-state index in [-0.39, 0.29) is 0 Å². The van der Waals surface area contributed by atoms with Crippen LogP contribution in [-0.2, 0) is 6.42 Å². The van der Waals surface area contributed by atoms with Gasteiger partial charge in [0.15, 0.2) is 17.5 Å². The predicted molar refractivity (Wildman–Crippen MR) is 228 cm³/mol. The van der Waals surface area contributed by atoms with Gasteiger partial charge in [-0.05, 0) is 77.6 Å². The number of benzene rings is 7. The molecule has 7 aromatic carbocycles. The van der Waals surface area contributed by atoms with Crippen LogP contribution in [0, 0.1) is 0 Å². The van der Waals surface area contributed by atoms with Crippen molar-refractivity contribution in [2.24, 2.45) is 0 Å². The highest BCUT2D eigenvalue weighted by Crippen LogP contribution is 2.40. The van der Waals surface area contributed by atoms with Crippen molar-refractivity contribution < 1.29 is 4.42 Å². The van der Waals surface area contributed by atoms with E-state index in [1.165, 1.54) is 38.6 Å². The van der Waals surface area contributed by atoms with Gasteiger partial charge in [-0.25, -0.2) is 15.0 Å². The molecule has 5 nitrogen and oxygen atoms in total. The van der Waals surface area contributed by atoms with E-state index in [9.17, 15) is 0 Å². The van der Waals surface area contributed by atoms with Crippen LogP contribution in [-0.4, -0.2) is 19.5 Å². The van der Waals surface area contributed by atoms with Crippen LogP contribution in [0.5, 0.6) is 0 Å². The minimum atomic E-state index is 0.661. The Morgan fingerprint density at radius 2 is 0.911 bits per heavy atom. The molecule has 3 aromatic heterocycles. The molecule has 0 amide bonds. The summed E-state index contributed by atoms with van der Waals surface area (Å²) in [7, 11) is 0. The number of furan rings is 1. The zero-order chi connectivity index (χ0) is 37.0. The zero-order valence-electron chi connectivity index (χ0n) is 30.4. The van der Waals surface area contributed by atoms with Gasteiger partial charge in [-0.2, -0.15) is 0 Å². The average molecular weight is 719 g/mol. The van der Waals surface area contributed by atoms with Crippen molar-refractivity contribution in [3.05, 3.63) is 193 Å². The number of hydrogen-bond acceptors (Lipinski definition) is 4. The third-order valence-corrected chi connectivity index (χ3v) is 11.0. The molecule has 0 radical (unpaired) electrons. The first-order chi connectivity index (χ1) is 27.7. The molecule has 0 fully saturated rings. The van der Waals surface area contributed by atoms with Crippen LogP contribution >= 0.6 is 0 Å². The monoisotopic (exact) mass is 718 g/mol. The van der Waals surface area contributed by atoms with Gasteiger partial charge >= 0.3 is 0 Å². The number of aryl methyl sites for hydroxylation is 1. The summed E-state index contributed by atoms with van der Waals surface area (Å²) in [4.78, 5) is 14.9. The molecule has 0 unspecified atom stereocenters. The lowest BCUT2D eigenvalue weighted by Crippen LogP contribution is -2.05. The third-order valence-electron chi connectivity index (χ3n) is 11.0. The van der Waals surface area contributed by atoms with Crippen LogP contribution in [0.4, 0.5) is 0 Å². The minimum absolute atomic E-state index is 0.661. The number of hydrogen-bond donors (Lipinski definition) is 0. The van der Waals surface area contributed by atoms with Crippen molar-refractivity contribution in [1.82, 2.24) is 19.5 Å². The molecule has 0 spiro atoms. The zero-order valence-corrected chi connectivity index (χ0v) is 30.4. The Morgan fingerprint density at radius 3 is 1.45 bits per heavy atom. The second-order valence-corrected chi connectivity index (χ2v) is 14.4. The fraction of sp³-hybridized carbons (Fsp3) is 0.0392. The van der Waals surface area contributed by atoms with Gasteiger partial charge in [-0.15, -0.1) is 0 Å². The van der Waals surface area contributed by atoms with E-state index in [1.54, 1.807) is 0 Å². The van der Waals surface area contributed by atoms with Gasteiger partial charge in [0.2, 0.25) is 0 Å². The van der Waals surface area contributed by atoms with Gasteiger partial charge in [-0.1, -0.05) is 133 Å². The molecule has 0 N–H and O–H groups in total. The fourth-order valence-corrected chi connectivity index (χ4v) is 8.21. The fourth-order valence-electron chi connectivity index (χ4n) is 8.21. The largest absolute Gasteiger partial charge is 0.456 e. The smallest absolute Gasteiger partial charge is 0.164 e. The minimum Gasteiger partial charge on any atom is -0.456 e. The third kappa shape index (κ3) is 5.52. The van der Waals surface area contributed by atoms with E-state index >= 15 is 0 Å². The first-order valence-electron chi connectivity index (χ1n) is 19.1. The summed E-state index contributed by atoms with van der Waals surface area (Å²) in [6.07, 6.45) is 3.77. The summed E-state index contributed by atoms with van der Waals surface area (Å²) < 4.78 is 9.10. The van der Waals surface area contributed by atoms with Crippen molar-refractivity contribution in [2.75, 3.05) is 0 Å². The Morgan fingerprint density at radius 1 is 0.411 bits per heavy atom. The molecule has 1 aliphatic carbocycles. The highest BCUT2D eigenvalue weighted by Gasteiger charge is 2.23. The Bertz CT molecular complexity index is 2950. The van der Waals surface area contributed by atoms with Crippen LogP contribution in [0.1, 0.15) is 23.6 Å². The van der Waals surface area contributed by atoms with Gasteiger partial charge in [0.05, 0.1) is 11.0 Å². The molecule has 0 saturated heterocycles. The van der Waals surface area contributed by atoms with E-state index in [0.717, 1.165) is 63.0 Å². The number of aromatic nitrogens is 4. The molecular weight excluding hydrogens is 685 g/mol. The van der Waals surface area contributed by atoms with Crippen LogP contribution < -0.4 is 0 Å². The number of rotatable bonds is 6. The summed E-state index contributed by atoms with van der Waals surface area (Å²) in [5.41, 5.74) is 13.2. The Hall–Kier alpha value is -7.37. The molecule has 56 heavy (non-hydrogen) atoms. The lowest BCUT2D eigenvalue weighted by atomic mass is 9.95. The maximum absolute atomic E-state index is 6.73. The molecule has 5 heteroatoms. The first kappa shape index (κ1) is 32.1. The van der Waals surface area contributed by atoms with Gasteiger partial charge < -0.3 is 8.98 Å². The molecule has 0 bridgehead atoms. The van der Waals surface area contributed by atoms with Crippen LogP contribution in [0.15, 0.2) is 180 Å². The maximum atomic E-state index is 6.73. The summed E-state index contributed by atoms with van der Waals surface area (Å²) >= 11 is 0. The van der Waals surface area contributed by atoms with E-state index in [4.69, 9.17) is 19.4 Å². The molecule has 264 valence electrons. The average Bonchev–Trinajstić information content (AvgIpc) is 3.81. The van der Waals surface area contributed by atoms with Crippen LogP contribution in [0.2, 0.25) is 0 Å². The van der Waals surface area contributed by atoms with E-state index in [0.29, 0.717) is 17.5 Å². The van der Waals surface area contributed by atoms with E-state index in [2.05, 4.69) is 126 Å². The van der Waals surface area contributed by atoms with Crippen molar-refractivity contribution >= 4 is 44.4 Å². The van der Waals surface area contributed by atoms with Crippen molar-refractivity contribution in [3.63, 3.8) is 0 Å². The second kappa shape index (κ2) is 13.2. The Kier molecular flexibility index (Phi) is 7.56. The van der Waals surface area contributed by atoms with Gasteiger partial charge in [0.25, 0.3) is 0 Å². The summed E-state index contributed by atoms with van der Waals surface area (Å²) in [5.74, 6) is 2.87. The topological polar surface area (TPSA) is 56.7 Å². The molecule has 0 saturated carbocycles. The van der Waals surface area contributed by atoms with Crippen LogP contribution in [0.3, 0.4) is 0 Å². The highest BCUT2D eigenvalue weighted by molar-refractivity contribution is 6.12. The predicted octanol–water partition coefficient (Wildman–Crippen LogP) is 12.9. The normalized spacial score (nSPS) is 12.6. The molecule has 0 atom stereocenters. The number of nitrogens with zero attached hydrogens (tertiary/aromatic N) is 4. The van der Waals surface area contributed by atoms with E-state index in [1.807, 2.05) is 60.7 Å². The Balaban J connectivity index is 1.03. The van der Waals surface area contributed by atoms with Crippen LogP contribution in [0.25, 0.3) is 95.1 Å². The van der Waals surface area contributed by atoms with Gasteiger partial charge in [0, 0.05) is 50.2 Å². The lowest BCUT2D eigenvalue weighted by Gasteiger charge is -2.14. The first-order valence-corrected chi connectivity index (χ1v) is 19.1. The second-order valence-electron chi connectivity index (χ2n) is 14.4. The van der Waals surface area contributed by atoms with E-state index < -0.39 is 0 Å². The quantitative estimate of drug-likeness (QED) is 0.172. The van der Waals surface area contributed by atoms with Crippen molar-refractivity contribution in [1.29, 1.82) is 0 Å².